The van der Waals surface area contributed by atoms with Crippen molar-refractivity contribution in [2.45, 2.75) is 6.92 Å². The van der Waals surface area contributed by atoms with Gasteiger partial charge >= 0.3 is 0 Å². The van der Waals surface area contributed by atoms with Crippen molar-refractivity contribution in [1.82, 2.24) is 0 Å². The highest BCUT2D eigenvalue weighted by molar-refractivity contribution is 7.92. The summed E-state index contributed by atoms with van der Waals surface area (Å²) in [6.07, 6.45) is 0. The minimum Gasteiger partial charge on any atom is -0.283 e. The molecule has 0 spiro atoms. The van der Waals surface area contributed by atoms with Gasteiger partial charge in [0.1, 0.15) is 0 Å². The average Bonchev–Trinajstić information content (AvgIpc) is 2.54. The van der Waals surface area contributed by atoms with Crippen LogP contribution in [0.5, 0.6) is 0 Å². The Balaban J connectivity index is 2.59. The molecule has 0 amide bonds. The van der Waals surface area contributed by atoms with Gasteiger partial charge in [0.25, 0.3) is 0 Å². The molecule has 6 heteroatoms. The van der Waals surface area contributed by atoms with E-state index in [1.165, 1.54) is 11.3 Å². The molecular formula is C8H12ClNO2S2. The van der Waals surface area contributed by atoms with E-state index in [2.05, 4.69) is 4.72 Å². The van der Waals surface area contributed by atoms with Crippen molar-refractivity contribution in [2.24, 2.45) is 5.92 Å². The number of halogens is 1. The van der Waals surface area contributed by atoms with Crippen molar-refractivity contribution in [3.8, 4) is 0 Å². The summed E-state index contributed by atoms with van der Waals surface area (Å²) in [5.74, 6) is 0.379. The minimum atomic E-state index is -3.24. The van der Waals surface area contributed by atoms with Crippen LogP contribution < -0.4 is 4.72 Å². The third-order valence-electron chi connectivity index (χ3n) is 1.56. The fraction of sp³-hybridized carbons (Fsp3) is 0.500. The summed E-state index contributed by atoms with van der Waals surface area (Å²) >= 11 is 7.00. The second-order valence-electron chi connectivity index (χ2n) is 3.15. The van der Waals surface area contributed by atoms with E-state index in [9.17, 15) is 8.42 Å². The highest BCUT2D eigenvalue weighted by Crippen LogP contribution is 2.15. The first-order valence-corrected chi connectivity index (χ1v) is 7.25. The lowest BCUT2D eigenvalue weighted by molar-refractivity contribution is 0.588. The van der Waals surface area contributed by atoms with Crippen molar-refractivity contribution in [3.05, 3.63) is 16.8 Å². The second kappa shape index (κ2) is 5.00. The van der Waals surface area contributed by atoms with Crippen LogP contribution in [0.4, 0.5) is 5.69 Å². The van der Waals surface area contributed by atoms with Crippen LogP contribution in [0.2, 0.25) is 0 Å². The fourth-order valence-electron chi connectivity index (χ4n) is 0.963. The monoisotopic (exact) mass is 253 g/mol. The van der Waals surface area contributed by atoms with E-state index >= 15 is 0 Å². The Kier molecular flexibility index (Phi) is 4.22. The summed E-state index contributed by atoms with van der Waals surface area (Å²) in [6.45, 7) is 1.81. The topological polar surface area (TPSA) is 46.2 Å². The van der Waals surface area contributed by atoms with E-state index in [1.807, 2.05) is 5.38 Å². The number of rotatable bonds is 5. The predicted molar refractivity (Wildman–Crippen MR) is 61.6 cm³/mol. The second-order valence-corrected chi connectivity index (χ2v) is 6.01. The SMILES string of the molecule is CC(CCl)CS(=O)(=O)Nc1ccsc1. The van der Waals surface area contributed by atoms with Crippen molar-refractivity contribution >= 4 is 38.6 Å². The van der Waals surface area contributed by atoms with Crippen molar-refractivity contribution in [2.75, 3.05) is 16.4 Å². The molecule has 1 rings (SSSR count). The molecule has 0 aromatic carbocycles. The van der Waals surface area contributed by atoms with Crippen LogP contribution >= 0.6 is 22.9 Å². The van der Waals surface area contributed by atoms with Gasteiger partial charge in [-0.3, -0.25) is 4.72 Å². The van der Waals surface area contributed by atoms with Crippen LogP contribution in [-0.4, -0.2) is 20.1 Å². The minimum absolute atomic E-state index is 0.0344. The molecule has 1 heterocycles. The van der Waals surface area contributed by atoms with Gasteiger partial charge in [-0.05, 0) is 17.4 Å². The molecule has 0 aliphatic rings. The van der Waals surface area contributed by atoms with Gasteiger partial charge in [0.15, 0.2) is 0 Å². The standard InChI is InChI=1S/C8H12ClNO2S2/c1-7(4-9)6-14(11,12)10-8-2-3-13-5-8/h2-3,5,7,10H,4,6H2,1H3. The largest absolute Gasteiger partial charge is 0.283 e. The van der Waals surface area contributed by atoms with Gasteiger partial charge in [-0.2, -0.15) is 11.3 Å². The van der Waals surface area contributed by atoms with Gasteiger partial charge in [-0.1, -0.05) is 6.92 Å². The van der Waals surface area contributed by atoms with Gasteiger partial charge in [0.05, 0.1) is 11.4 Å². The van der Waals surface area contributed by atoms with Gasteiger partial charge < -0.3 is 0 Å². The normalized spacial score (nSPS) is 13.9. The molecule has 0 saturated heterocycles. The molecule has 1 aromatic heterocycles. The molecule has 1 unspecified atom stereocenters. The number of hydrogen-bond donors (Lipinski definition) is 1. The number of alkyl halides is 1. The van der Waals surface area contributed by atoms with Crippen LogP contribution in [0.15, 0.2) is 16.8 Å². The van der Waals surface area contributed by atoms with E-state index in [4.69, 9.17) is 11.6 Å². The lowest BCUT2D eigenvalue weighted by Crippen LogP contribution is -2.21. The third-order valence-corrected chi connectivity index (χ3v) is 4.33. The Morgan fingerprint density at radius 2 is 2.36 bits per heavy atom. The molecule has 80 valence electrons. The molecule has 1 aromatic rings. The summed E-state index contributed by atoms with van der Waals surface area (Å²) in [5, 5.41) is 3.58. The first kappa shape index (κ1) is 11.8. The number of sulfonamides is 1. The lowest BCUT2D eigenvalue weighted by atomic mass is 10.3. The molecule has 14 heavy (non-hydrogen) atoms. The molecule has 0 bridgehead atoms. The molecule has 1 atom stereocenters. The van der Waals surface area contributed by atoms with Crippen LogP contribution in [0, 0.1) is 5.92 Å². The molecule has 0 saturated carbocycles. The molecular weight excluding hydrogens is 242 g/mol. The molecule has 0 radical (unpaired) electrons. The quantitative estimate of drug-likeness (QED) is 0.819. The first-order valence-electron chi connectivity index (χ1n) is 4.12. The maximum absolute atomic E-state index is 11.5. The maximum atomic E-state index is 11.5. The molecule has 0 fully saturated rings. The Morgan fingerprint density at radius 3 is 2.86 bits per heavy atom. The maximum Gasteiger partial charge on any atom is 0.233 e. The zero-order valence-electron chi connectivity index (χ0n) is 7.73. The van der Waals surface area contributed by atoms with Gasteiger partial charge in [0.2, 0.25) is 10.0 Å². The van der Waals surface area contributed by atoms with Crippen LogP contribution in [0.3, 0.4) is 0 Å². The number of anilines is 1. The first-order chi connectivity index (χ1) is 6.53. The zero-order chi connectivity index (χ0) is 10.6. The van der Waals surface area contributed by atoms with Crippen molar-refractivity contribution in [3.63, 3.8) is 0 Å². The van der Waals surface area contributed by atoms with Crippen molar-refractivity contribution in [1.29, 1.82) is 0 Å². The molecule has 3 nitrogen and oxygen atoms in total. The van der Waals surface area contributed by atoms with Crippen LogP contribution in [-0.2, 0) is 10.0 Å². The summed E-state index contributed by atoms with van der Waals surface area (Å²) in [7, 11) is -3.24. The van der Waals surface area contributed by atoms with Gasteiger partial charge in [0, 0.05) is 11.3 Å². The molecule has 0 aliphatic heterocycles. The van der Waals surface area contributed by atoms with Gasteiger partial charge in [-0.25, -0.2) is 8.42 Å². The van der Waals surface area contributed by atoms with Crippen LogP contribution in [0.25, 0.3) is 0 Å². The van der Waals surface area contributed by atoms with E-state index < -0.39 is 10.0 Å². The Labute approximate surface area is 93.1 Å². The Hall–Kier alpha value is -0.260. The van der Waals surface area contributed by atoms with E-state index in [0.29, 0.717) is 11.6 Å². The van der Waals surface area contributed by atoms with E-state index in [0.717, 1.165) is 0 Å². The fourth-order valence-corrected chi connectivity index (χ4v) is 3.30. The highest BCUT2D eigenvalue weighted by atomic mass is 35.5. The highest BCUT2D eigenvalue weighted by Gasteiger charge is 2.14. The van der Waals surface area contributed by atoms with E-state index in [1.54, 1.807) is 18.4 Å². The van der Waals surface area contributed by atoms with Crippen LogP contribution in [0.1, 0.15) is 6.92 Å². The van der Waals surface area contributed by atoms with E-state index in [-0.39, 0.29) is 11.7 Å². The summed E-state index contributed by atoms with van der Waals surface area (Å²) in [4.78, 5) is 0. The lowest BCUT2D eigenvalue weighted by Gasteiger charge is -2.09. The number of thiophene rings is 1. The number of nitrogens with one attached hydrogen (secondary N) is 1. The molecule has 0 aliphatic carbocycles. The average molecular weight is 254 g/mol. The Morgan fingerprint density at radius 1 is 1.64 bits per heavy atom. The summed E-state index contributed by atoms with van der Waals surface area (Å²) < 4.78 is 25.5. The number of hydrogen-bond acceptors (Lipinski definition) is 3. The Bertz CT molecular complexity index is 361. The predicted octanol–water partition coefficient (Wildman–Crippen LogP) is 2.36. The van der Waals surface area contributed by atoms with Gasteiger partial charge in [-0.15, -0.1) is 11.6 Å². The smallest absolute Gasteiger partial charge is 0.233 e. The zero-order valence-corrected chi connectivity index (χ0v) is 10.1. The summed E-state index contributed by atoms with van der Waals surface area (Å²) in [6, 6.07) is 1.73. The third kappa shape index (κ3) is 3.86. The van der Waals surface area contributed by atoms with Crippen molar-refractivity contribution < 1.29 is 8.42 Å². The summed E-state index contributed by atoms with van der Waals surface area (Å²) in [5.41, 5.74) is 0.622. The molecule has 1 N–H and O–H groups in total.